The Morgan fingerprint density at radius 3 is 3.07 bits per heavy atom. The molecule has 0 fully saturated rings. The number of anilines is 1. The van der Waals surface area contributed by atoms with E-state index in [4.69, 9.17) is 4.74 Å². The van der Waals surface area contributed by atoms with Gasteiger partial charge < -0.3 is 10.1 Å². The van der Waals surface area contributed by atoms with Crippen molar-refractivity contribution in [1.29, 1.82) is 0 Å². The molecule has 1 aliphatic heterocycles. The largest absolute Gasteiger partial charge is 0.384 e. The first kappa shape index (κ1) is 9.53. The molecular weight excluding hydrogens is 174 g/mol. The van der Waals surface area contributed by atoms with E-state index < -0.39 is 0 Å². The minimum Gasteiger partial charge on any atom is -0.384 e. The molecule has 0 radical (unpaired) electrons. The van der Waals surface area contributed by atoms with Crippen LogP contribution in [0.2, 0.25) is 0 Å². The lowest BCUT2D eigenvalue weighted by molar-refractivity contribution is 0.0964. The summed E-state index contributed by atoms with van der Waals surface area (Å²) in [6.45, 7) is 3.20. The van der Waals surface area contributed by atoms with Gasteiger partial charge in [-0.05, 0) is 18.4 Å². The van der Waals surface area contributed by atoms with E-state index in [2.05, 4.69) is 30.4 Å². The van der Waals surface area contributed by atoms with E-state index in [1.807, 2.05) is 0 Å². The lowest BCUT2D eigenvalue weighted by atomic mass is 9.96. The van der Waals surface area contributed by atoms with Crippen LogP contribution in [0.4, 0.5) is 5.69 Å². The summed E-state index contributed by atoms with van der Waals surface area (Å²) < 4.78 is 5.48. The Hall–Kier alpha value is -1.02. The maximum atomic E-state index is 5.48. The van der Waals surface area contributed by atoms with Crippen molar-refractivity contribution >= 4 is 5.69 Å². The van der Waals surface area contributed by atoms with Crippen molar-refractivity contribution in [2.24, 2.45) is 0 Å². The van der Waals surface area contributed by atoms with E-state index in [1.165, 1.54) is 16.8 Å². The highest BCUT2D eigenvalue weighted by Crippen LogP contribution is 2.34. The number of methoxy groups -OCH3 is 1. The Kier molecular flexibility index (Phi) is 2.73. The van der Waals surface area contributed by atoms with Gasteiger partial charge in [-0.15, -0.1) is 0 Å². The highest BCUT2D eigenvalue weighted by atomic mass is 16.5. The standard InChI is InChI=1S/C12H17NO/c1-3-9-5-4-6-10-11(14-2)7-8-13-12(9)10/h4-6,11,13H,3,7-8H2,1-2H3. The molecule has 0 saturated carbocycles. The molecule has 1 aliphatic rings. The SMILES string of the molecule is CCc1cccc2c1NCCC2OC. The van der Waals surface area contributed by atoms with Crippen molar-refractivity contribution in [3.8, 4) is 0 Å². The van der Waals surface area contributed by atoms with Crippen LogP contribution in [0.3, 0.4) is 0 Å². The van der Waals surface area contributed by atoms with Crippen LogP contribution in [0.1, 0.15) is 30.6 Å². The zero-order chi connectivity index (χ0) is 9.97. The summed E-state index contributed by atoms with van der Waals surface area (Å²) in [5, 5.41) is 3.47. The maximum Gasteiger partial charge on any atom is 0.0857 e. The Morgan fingerprint density at radius 2 is 2.36 bits per heavy atom. The molecule has 2 heteroatoms. The molecule has 2 nitrogen and oxygen atoms in total. The molecule has 1 aromatic carbocycles. The zero-order valence-electron chi connectivity index (χ0n) is 8.84. The summed E-state index contributed by atoms with van der Waals surface area (Å²) in [6, 6.07) is 6.47. The minimum absolute atomic E-state index is 0.276. The second-order valence-electron chi connectivity index (χ2n) is 3.67. The zero-order valence-corrected chi connectivity index (χ0v) is 8.84. The molecule has 1 atom stereocenters. The number of ether oxygens (including phenoxy) is 1. The van der Waals surface area contributed by atoms with E-state index in [-0.39, 0.29) is 6.10 Å². The molecule has 1 heterocycles. The number of benzene rings is 1. The predicted octanol–water partition coefficient (Wildman–Crippen LogP) is 2.75. The maximum absolute atomic E-state index is 5.48. The molecule has 0 bridgehead atoms. The smallest absolute Gasteiger partial charge is 0.0857 e. The summed E-state index contributed by atoms with van der Waals surface area (Å²) in [5.41, 5.74) is 4.01. The number of para-hydroxylation sites is 1. The molecule has 1 N–H and O–H groups in total. The fourth-order valence-corrected chi connectivity index (χ4v) is 2.13. The Balaban J connectivity index is 2.43. The average molecular weight is 191 g/mol. The van der Waals surface area contributed by atoms with Gasteiger partial charge in [-0.2, -0.15) is 0 Å². The highest BCUT2D eigenvalue weighted by molar-refractivity contribution is 5.60. The quantitative estimate of drug-likeness (QED) is 0.776. The first-order chi connectivity index (χ1) is 6.86. The van der Waals surface area contributed by atoms with Crippen LogP contribution in [-0.2, 0) is 11.2 Å². The van der Waals surface area contributed by atoms with Crippen LogP contribution in [0.25, 0.3) is 0 Å². The highest BCUT2D eigenvalue weighted by Gasteiger charge is 2.20. The van der Waals surface area contributed by atoms with Gasteiger partial charge >= 0.3 is 0 Å². The first-order valence-corrected chi connectivity index (χ1v) is 5.25. The topological polar surface area (TPSA) is 21.3 Å². The van der Waals surface area contributed by atoms with Gasteiger partial charge in [0.25, 0.3) is 0 Å². The van der Waals surface area contributed by atoms with Gasteiger partial charge in [-0.1, -0.05) is 25.1 Å². The molecule has 2 rings (SSSR count). The van der Waals surface area contributed by atoms with Crippen molar-refractivity contribution in [2.75, 3.05) is 19.0 Å². The van der Waals surface area contributed by atoms with Gasteiger partial charge in [-0.25, -0.2) is 0 Å². The van der Waals surface area contributed by atoms with Crippen LogP contribution >= 0.6 is 0 Å². The lowest BCUT2D eigenvalue weighted by Gasteiger charge is -2.27. The fourth-order valence-electron chi connectivity index (χ4n) is 2.13. The van der Waals surface area contributed by atoms with Crippen LogP contribution < -0.4 is 5.32 Å². The summed E-state index contributed by atoms with van der Waals surface area (Å²) in [4.78, 5) is 0. The van der Waals surface area contributed by atoms with Crippen LogP contribution in [0.5, 0.6) is 0 Å². The minimum atomic E-state index is 0.276. The predicted molar refractivity (Wildman–Crippen MR) is 58.7 cm³/mol. The van der Waals surface area contributed by atoms with E-state index in [0.29, 0.717) is 0 Å². The molecule has 76 valence electrons. The summed E-state index contributed by atoms with van der Waals surface area (Å²) in [7, 11) is 1.79. The van der Waals surface area contributed by atoms with E-state index in [1.54, 1.807) is 7.11 Å². The summed E-state index contributed by atoms with van der Waals surface area (Å²) >= 11 is 0. The number of hydrogen-bond acceptors (Lipinski definition) is 2. The first-order valence-electron chi connectivity index (χ1n) is 5.25. The molecular formula is C12H17NO. The number of aryl methyl sites for hydroxylation is 1. The van der Waals surface area contributed by atoms with E-state index in [9.17, 15) is 0 Å². The molecule has 1 unspecified atom stereocenters. The number of nitrogens with one attached hydrogen (secondary N) is 1. The van der Waals surface area contributed by atoms with E-state index in [0.717, 1.165) is 19.4 Å². The van der Waals surface area contributed by atoms with Crippen LogP contribution in [0, 0.1) is 0 Å². The van der Waals surface area contributed by atoms with Gasteiger partial charge in [0, 0.05) is 24.9 Å². The molecule has 0 aliphatic carbocycles. The van der Waals surface area contributed by atoms with Gasteiger partial charge in [0.05, 0.1) is 6.10 Å². The number of fused-ring (bicyclic) bond motifs is 1. The number of hydrogen-bond donors (Lipinski definition) is 1. The summed E-state index contributed by atoms with van der Waals surface area (Å²) in [5.74, 6) is 0. The van der Waals surface area contributed by atoms with Crippen LogP contribution in [-0.4, -0.2) is 13.7 Å². The summed E-state index contributed by atoms with van der Waals surface area (Å²) in [6.07, 6.45) is 2.42. The molecule has 0 amide bonds. The fraction of sp³-hybridized carbons (Fsp3) is 0.500. The average Bonchev–Trinajstić information content (AvgIpc) is 2.27. The molecule has 14 heavy (non-hydrogen) atoms. The third-order valence-electron chi connectivity index (χ3n) is 2.90. The third kappa shape index (κ3) is 1.50. The van der Waals surface area contributed by atoms with Crippen molar-refractivity contribution in [1.82, 2.24) is 0 Å². The van der Waals surface area contributed by atoms with Gasteiger partial charge in [0.2, 0.25) is 0 Å². The molecule has 0 spiro atoms. The normalized spacial score (nSPS) is 20.0. The van der Waals surface area contributed by atoms with Crippen LogP contribution in [0.15, 0.2) is 18.2 Å². The van der Waals surface area contributed by atoms with Crippen molar-refractivity contribution in [3.05, 3.63) is 29.3 Å². The van der Waals surface area contributed by atoms with Crippen molar-refractivity contribution < 1.29 is 4.74 Å². The Morgan fingerprint density at radius 1 is 1.50 bits per heavy atom. The second-order valence-corrected chi connectivity index (χ2v) is 3.67. The second kappa shape index (κ2) is 4.01. The molecule has 1 aromatic rings. The van der Waals surface area contributed by atoms with Gasteiger partial charge in [-0.3, -0.25) is 0 Å². The van der Waals surface area contributed by atoms with Gasteiger partial charge in [0.15, 0.2) is 0 Å². The molecule has 0 saturated heterocycles. The van der Waals surface area contributed by atoms with E-state index >= 15 is 0 Å². The van der Waals surface area contributed by atoms with Gasteiger partial charge in [0.1, 0.15) is 0 Å². The Labute approximate surface area is 85.3 Å². The number of rotatable bonds is 2. The monoisotopic (exact) mass is 191 g/mol. The lowest BCUT2D eigenvalue weighted by Crippen LogP contribution is -2.19. The van der Waals surface area contributed by atoms with Crippen molar-refractivity contribution in [2.45, 2.75) is 25.9 Å². The molecule has 0 aromatic heterocycles. The van der Waals surface area contributed by atoms with Crippen molar-refractivity contribution in [3.63, 3.8) is 0 Å². The Bertz CT molecular complexity index is 322. The third-order valence-corrected chi connectivity index (χ3v) is 2.90.